The van der Waals surface area contributed by atoms with Crippen LogP contribution in [0.5, 0.6) is 0 Å². The molecule has 1 amide bonds. The zero-order valence-electron chi connectivity index (χ0n) is 16.0. The fraction of sp³-hybridized carbons (Fsp3) is 0.400. The number of nitrogens with one attached hydrogen (secondary N) is 2. The summed E-state index contributed by atoms with van der Waals surface area (Å²) in [5.41, 5.74) is 1.85. The van der Waals surface area contributed by atoms with E-state index in [2.05, 4.69) is 40.1 Å². The number of hydrogen-bond acceptors (Lipinski definition) is 3. The molecule has 26 heavy (non-hydrogen) atoms. The SMILES string of the molecule is CN=C(NCCc1cccc(C(=O)N(C)C)c1)NCC(C)c1cccs1. The Balaban J connectivity index is 1.80. The van der Waals surface area contributed by atoms with Crippen molar-refractivity contribution < 1.29 is 4.79 Å². The van der Waals surface area contributed by atoms with Gasteiger partial charge in [-0.05, 0) is 35.6 Å². The van der Waals surface area contributed by atoms with Crippen molar-refractivity contribution >= 4 is 23.2 Å². The second-order valence-electron chi connectivity index (χ2n) is 6.45. The summed E-state index contributed by atoms with van der Waals surface area (Å²) in [4.78, 5) is 19.3. The predicted molar refractivity (Wildman–Crippen MR) is 110 cm³/mol. The summed E-state index contributed by atoms with van der Waals surface area (Å²) in [5, 5.41) is 8.82. The Morgan fingerprint density at radius 2 is 2.04 bits per heavy atom. The number of hydrogen-bond donors (Lipinski definition) is 2. The standard InChI is InChI=1S/C20H28N4OS/c1-15(18-9-6-12-26-18)14-23-20(21-2)22-11-10-16-7-5-8-17(13-16)19(25)24(3)4/h5-9,12-13,15H,10-11,14H2,1-4H3,(H2,21,22,23). The third-order valence-corrected chi connectivity index (χ3v) is 5.22. The molecule has 1 heterocycles. The predicted octanol–water partition coefficient (Wildman–Crippen LogP) is 2.96. The van der Waals surface area contributed by atoms with Crippen LogP contribution in [0.15, 0.2) is 46.8 Å². The molecule has 0 radical (unpaired) electrons. The molecule has 0 aliphatic carbocycles. The number of carbonyl (C=O) groups is 1. The van der Waals surface area contributed by atoms with Gasteiger partial charge in [-0.1, -0.05) is 25.1 Å². The summed E-state index contributed by atoms with van der Waals surface area (Å²) in [6.45, 7) is 3.80. The van der Waals surface area contributed by atoms with Gasteiger partial charge in [-0.2, -0.15) is 0 Å². The molecule has 2 N–H and O–H groups in total. The second-order valence-corrected chi connectivity index (χ2v) is 7.43. The third kappa shape index (κ3) is 5.88. The Bertz CT molecular complexity index is 725. The van der Waals surface area contributed by atoms with Crippen LogP contribution in [0.1, 0.15) is 33.6 Å². The Hall–Kier alpha value is -2.34. The minimum atomic E-state index is 0.0276. The quantitative estimate of drug-likeness (QED) is 0.580. The fourth-order valence-corrected chi connectivity index (χ4v) is 3.37. The first-order valence-corrected chi connectivity index (χ1v) is 9.67. The minimum absolute atomic E-state index is 0.0276. The number of benzene rings is 1. The van der Waals surface area contributed by atoms with E-state index >= 15 is 0 Å². The van der Waals surface area contributed by atoms with Crippen LogP contribution in [-0.4, -0.2) is 51.0 Å². The van der Waals surface area contributed by atoms with Crippen molar-refractivity contribution in [2.24, 2.45) is 4.99 Å². The van der Waals surface area contributed by atoms with Crippen molar-refractivity contribution in [2.75, 3.05) is 34.2 Å². The molecule has 5 nitrogen and oxygen atoms in total. The first-order chi connectivity index (χ1) is 12.5. The van der Waals surface area contributed by atoms with Gasteiger partial charge in [0.1, 0.15) is 0 Å². The Kier molecular flexibility index (Phi) is 7.66. The summed E-state index contributed by atoms with van der Waals surface area (Å²) >= 11 is 1.78. The van der Waals surface area contributed by atoms with Crippen LogP contribution < -0.4 is 10.6 Å². The molecule has 0 saturated heterocycles. The van der Waals surface area contributed by atoms with Crippen molar-refractivity contribution in [1.29, 1.82) is 0 Å². The molecule has 2 aromatic rings. The zero-order chi connectivity index (χ0) is 18.9. The van der Waals surface area contributed by atoms with Gasteiger partial charge in [-0.15, -0.1) is 11.3 Å². The molecule has 0 aliphatic heterocycles. The molecule has 6 heteroatoms. The average Bonchev–Trinajstić information content (AvgIpc) is 3.18. The number of guanidine groups is 1. The summed E-state index contributed by atoms with van der Waals surface area (Å²) < 4.78 is 0. The molecule has 1 aromatic heterocycles. The van der Waals surface area contributed by atoms with E-state index in [0.717, 1.165) is 36.6 Å². The Morgan fingerprint density at radius 3 is 2.69 bits per heavy atom. The molecule has 0 bridgehead atoms. The highest BCUT2D eigenvalue weighted by molar-refractivity contribution is 7.10. The first kappa shape index (κ1) is 20.0. The maximum absolute atomic E-state index is 12.1. The Labute approximate surface area is 160 Å². The molecular formula is C20H28N4OS. The van der Waals surface area contributed by atoms with Crippen molar-refractivity contribution in [3.05, 3.63) is 57.8 Å². The summed E-state index contributed by atoms with van der Waals surface area (Å²) in [7, 11) is 5.31. The molecule has 0 saturated carbocycles. The van der Waals surface area contributed by atoms with Gasteiger partial charge in [0.05, 0.1) is 0 Å². The van der Waals surface area contributed by atoms with E-state index in [4.69, 9.17) is 0 Å². The van der Waals surface area contributed by atoms with Crippen molar-refractivity contribution in [3.8, 4) is 0 Å². The van der Waals surface area contributed by atoms with Gasteiger partial charge < -0.3 is 15.5 Å². The lowest BCUT2D eigenvalue weighted by molar-refractivity contribution is 0.0827. The molecule has 140 valence electrons. The van der Waals surface area contributed by atoms with Crippen LogP contribution >= 0.6 is 11.3 Å². The van der Waals surface area contributed by atoms with Gasteiger partial charge >= 0.3 is 0 Å². The lowest BCUT2D eigenvalue weighted by Gasteiger charge is -2.15. The maximum Gasteiger partial charge on any atom is 0.253 e. The first-order valence-electron chi connectivity index (χ1n) is 8.79. The third-order valence-electron chi connectivity index (χ3n) is 4.11. The van der Waals surface area contributed by atoms with E-state index in [0.29, 0.717) is 5.92 Å². The number of carbonyl (C=O) groups excluding carboxylic acids is 1. The van der Waals surface area contributed by atoms with Gasteiger partial charge in [-0.3, -0.25) is 9.79 Å². The minimum Gasteiger partial charge on any atom is -0.356 e. The van der Waals surface area contributed by atoms with E-state index in [9.17, 15) is 4.79 Å². The molecule has 2 rings (SSSR count). The van der Waals surface area contributed by atoms with Gasteiger partial charge in [-0.25, -0.2) is 0 Å². The van der Waals surface area contributed by atoms with Gasteiger partial charge in [0.15, 0.2) is 5.96 Å². The van der Waals surface area contributed by atoms with Crippen LogP contribution in [0.4, 0.5) is 0 Å². The van der Waals surface area contributed by atoms with Gasteiger partial charge in [0, 0.05) is 50.6 Å². The molecule has 1 unspecified atom stereocenters. The molecular weight excluding hydrogens is 344 g/mol. The topological polar surface area (TPSA) is 56.7 Å². The lowest BCUT2D eigenvalue weighted by Crippen LogP contribution is -2.39. The van der Waals surface area contributed by atoms with Gasteiger partial charge in [0.25, 0.3) is 5.91 Å². The number of thiophene rings is 1. The van der Waals surface area contributed by atoms with Crippen LogP contribution in [0.2, 0.25) is 0 Å². The maximum atomic E-state index is 12.1. The lowest BCUT2D eigenvalue weighted by atomic mass is 10.1. The normalized spacial score (nSPS) is 12.5. The molecule has 0 spiro atoms. The van der Waals surface area contributed by atoms with E-state index < -0.39 is 0 Å². The van der Waals surface area contributed by atoms with E-state index in [1.54, 1.807) is 37.4 Å². The molecule has 0 aliphatic rings. The van der Waals surface area contributed by atoms with Crippen molar-refractivity contribution in [2.45, 2.75) is 19.3 Å². The number of aliphatic imine (C=N–C) groups is 1. The summed E-state index contributed by atoms with van der Waals surface area (Å²) in [5.74, 6) is 1.27. The largest absolute Gasteiger partial charge is 0.356 e. The van der Waals surface area contributed by atoms with Crippen molar-refractivity contribution in [1.82, 2.24) is 15.5 Å². The summed E-state index contributed by atoms with van der Waals surface area (Å²) in [6, 6.07) is 12.0. The fourth-order valence-electron chi connectivity index (χ4n) is 2.59. The average molecular weight is 373 g/mol. The highest BCUT2D eigenvalue weighted by Crippen LogP contribution is 2.19. The van der Waals surface area contributed by atoms with E-state index in [-0.39, 0.29) is 5.91 Å². The van der Waals surface area contributed by atoms with Crippen molar-refractivity contribution in [3.63, 3.8) is 0 Å². The summed E-state index contributed by atoms with van der Waals surface area (Å²) in [6.07, 6.45) is 0.829. The van der Waals surface area contributed by atoms with Crippen LogP contribution in [0.25, 0.3) is 0 Å². The molecule has 1 atom stereocenters. The molecule has 1 aromatic carbocycles. The van der Waals surface area contributed by atoms with E-state index in [1.165, 1.54) is 4.88 Å². The van der Waals surface area contributed by atoms with Gasteiger partial charge in [0.2, 0.25) is 0 Å². The van der Waals surface area contributed by atoms with E-state index in [1.807, 2.05) is 24.3 Å². The zero-order valence-corrected chi connectivity index (χ0v) is 16.8. The second kappa shape index (κ2) is 9.97. The van der Waals surface area contributed by atoms with Crippen LogP contribution in [0.3, 0.4) is 0 Å². The number of nitrogens with zero attached hydrogens (tertiary/aromatic N) is 2. The molecule has 0 fully saturated rings. The highest BCUT2D eigenvalue weighted by atomic mass is 32.1. The monoisotopic (exact) mass is 372 g/mol. The smallest absolute Gasteiger partial charge is 0.253 e. The number of rotatable bonds is 7. The highest BCUT2D eigenvalue weighted by Gasteiger charge is 2.09. The van der Waals surface area contributed by atoms with Crippen LogP contribution in [0, 0.1) is 0 Å². The number of amides is 1. The van der Waals surface area contributed by atoms with Crippen LogP contribution in [-0.2, 0) is 6.42 Å². The Morgan fingerprint density at radius 1 is 1.23 bits per heavy atom.